The molecule has 3 aromatic heterocycles. The van der Waals surface area contributed by atoms with E-state index in [4.69, 9.17) is 4.98 Å². The molecule has 4 heterocycles. The summed E-state index contributed by atoms with van der Waals surface area (Å²) in [4.78, 5) is 31.9. The average molecular weight is 492 g/mol. The first-order valence-electron chi connectivity index (χ1n) is 11.4. The van der Waals surface area contributed by atoms with E-state index in [1.165, 1.54) is 23.5 Å². The second-order valence-electron chi connectivity index (χ2n) is 8.47. The van der Waals surface area contributed by atoms with Crippen molar-refractivity contribution >= 4 is 50.4 Å². The van der Waals surface area contributed by atoms with Crippen LogP contribution in [0, 0.1) is 5.82 Å². The second kappa shape index (κ2) is 10.4. The molecule has 1 aliphatic heterocycles. The summed E-state index contributed by atoms with van der Waals surface area (Å²) in [6, 6.07) is 14.2. The number of nitrogens with zero attached hydrogens (tertiary/aromatic N) is 6. The number of fused-ring (bicyclic) bond motifs is 1. The van der Waals surface area contributed by atoms with Crippen LogP contribution in [-0.2, 0) is 11.3 Å². The topological polar surface area (TPSA) is 77.5 Å². The van der Waals surface area contributed by atoms with Crippen LogP contribution in [-0.4, -0.2) is 70.8 Å². The third-order valence-corrected chi connectivity index (χ3v) is 6.94. The third-order valence-electron chi connectivity index (χ3n) is 6.06. The Balaban J connectivity index is 1.22. The van der Waals surface area contributed by atoms with Crippen LogP contribution in [0.4, 0.5) is 26.8 Å². The van der Waals surface area contributed by atoms with Crippen LogP contribution < -0.4 is 10.2 Å². The Kier molecular flexibility index (Phi) is 6.94. The highest BCUT2D eigenvalue weighted by Crippen LogP contribution is 2.30. The zero-order chi connectivity index (χ0) is 24.2. The maximum Gasteiger partial charge on any atom is 0.190 e. The third kappa shape index (κ3) is 5.61. The van der Waals surface area contributed by atoms with Crippen LogP contribution in [0.2, 0.25) is 0 Å². The van der Waals surface area contributed by atoms with Crippen molar-refractivity contribution in [3.8, 4) is 0 Å². The van der Waals surface area contributed by atoms with E-state index in [1.807, 2.05) is 36.3 Å². The van der Waals surface area contributed by atoms with Gasteiger partial charge >= 0.3 is 0 Å². The molecule has 1 saturated heterocycles. The molecule has 180 valence electrons. The maximum absolute atomic E-state index is 13.2. The Morgan fingerprint density at radius 1 is 1.03 bits per heavy atom. The van der Waals surface area contributed by atoms with E-state index in [9.17, 15) is 9.18 Å². The fourth-order valence-electron chi connectivity index (χ4n) is 4.04. The van der Waals surface area contributed by atoms with E-state index >= 15 is 0 Å². The summed E-state index contributed by atoms with van der Waals surface area (Å²) in [6.07, 6.45) is 2.86. The van der Waals surface area contributed by atoms with Gasteiger partial charge in [-0.05, 0) is 48.0 Å². The van der Waals surface area contributed by atoms with Crippen LogP contribution in [0.15, 0.2) is 54.7 Å². The van der Waals surface area contributed by atoms with Crippen molar-refractivity contribution in [3.63, 3.8) is 0 Å². The van der Waals surface area contributed by atoms with E-state index in [-0.39, 0.29) is 5.82 Å². The lowest BCUT2D eigenvalue weighted by Crippen LogP contribution is -2.46. The Morgan fingerprint density at radius 3 is 2.51 bits per heavy atom. The van der Waals surface area contributed by atoms with Gasteiger partial charge in [-0.15, -0.1) is 0 Å². The molecular weight excluding hydrogens is 465 g/mol. The number of benzene rings is 1. The van der Waals surface area contributed by atoms with Crippen LogP contribution in [0.3, 0.4) is 0 Å². The summed E-state index contributed by atoms with van der Waals surface area (Å²) in [5.41, 5.74) is 2.81. The largest absolute Gasteiger partial charge is 0.329 e. The zero-order valence-electron chi connectivity index (χ0n) is 19.4. The first-order valence-corrected chi connectivity index (χ1v) is 12.3. The monoisotopic (exact) mass is 491 g/mol. The highest BCUT2D eigenvalue weighted by Gasteiger charge is 2.16. The van der Waals surface area contributed by atoms with E-state index in [1.54, 1.807) is 12.1 Å². The molecule has 8 nitrogen and oxygen atoms in total. The van der Waals surface area contributed by atoms with Gasteiger partial charge in [-0.2, -0.15) is 0 Å². The number of rotatable bonds is 8. The molecule has 1 fully saturated rings. The molecule has 4 aromatic rings. The van der Waals surface area contributed by atoms with Gasteiger partial charge in [0.1, 0.15) is 34.1 Å². The van der Waals surface area contributed by atoms with Crippen molar-refractivity contribution < 1.29 is 9.18 Å². The zero-order valence-corrected chi connectivity index (χ0v) is 20.2. The van der Waals surface area contributed by atoms with Crippen molar-refractivity contribution in [3.05, 3.63) is 66.1 Å². The molecule has 0 spiro atoms. The molecule has 1 N–H and O–H groups in total. The van der Waals surface area contributed by atoms with E-state index in [0.29, 0.717) is 6.54 Å². The second-order valence-corrected chi connectivity index (χ2v) is 9.45. The number of carbonyl (C=O) groups excluding carboxylic acids is 1. The quantitative estimate of drug-likeness (QED) is 0.370. The normalized spacial score (nSPS) is 14.8. The first-order chi connectivity index (χ1) is 17.1. The van der Waals surface area contributed by atoms with Gasteiger partial charge in [0.15, 0.2) is 5.13 Å². The Morgan fingerprint density at radius 2 is 1.80 bits per heavy atom. The van der Waals surface area contributed by atoms with Crippen molar-refractivity contribution in [2.75, 3.05) is 50.0 Å². The fraction of sp³-hybridized carbons (Fsp3) is 0.280. The Labute approximate surface area is 207 Å². The molecule has 0 radical (unpaired) electrons. The van der Waals surface area contributed by atoms with Crippen molar-refractivity contribution in [1.82, 2.24) is 24.8 Å². The van der Waals surface area contributed by atoms with E-state index in [2.05, 4.69) is 31.2 Å². The Hall–Kier alpha value is -3.47. The first kappa shape index (κ1) is 23.3. The van der Waals surface area contributed by atoms with Crippen LogP contribution >= 0.6 is 11.3 Å². The standard InChI is InChI=1S/C25H26FN7OS/c1-31(20-5-3-19(26)4-6-20)23-9-7-21-24(30-23)35-25(28-21)29-22-8-2-18(16-27-22)17-33-12-10-32(11-13-33)14-15-34/h2-9,15-16H,10-14,17H2,1H3,(H,27,28,29). The molecule has 10 heteroatoms. The van der Waals surface area contributed by atoms with Gasteiger partial charge < -0.3 is 15.0 Å². The summed E-state index contributed by atoms with van der Waals surface area (Å²) in [6.45, 7) is 5.09. The van der Waals surface area contributed by atoms with Crippen molar-refractivity contribution in [1.29, 1.82) is 0 Å². The number of piperazine rings is 1. The minimum absolute atomic E-state index is 0.265. The molecule has 0 unspecified atom stereocenters. The minimum Gasteiger partial charge on any atom is -0.329 e. The summed E-state index contributed by atoms with van der Waals surface area (Å²) < 4.78 is 13.2. The molecule has 5 rings (SSSR count). The highest BCUT2D eigenvalue weighted by molar-refractivity contribution is 7.21. The number of aldehydes is 1. The lowest BCUT2D eigenvalue weighted by Gasteiger charge is -2.33. The van der Waals surface area contributed by atoms with Crippen molar-refractivity contribution in [2.45, 2.75) is 6.54 Å². The number of hydrogen-bond donors (Lipinski definition) is 1. The maximum atomic E-state index is 13.2. The van der Waals surface area contributed by atoms with E-state index < -0.39 is 0 Å². The number of anilines is 4. The molecule has 0 atom stereocenters. The summed E-state index contributed by atoms with van der Waals surface area (Å²) in [7, 11) is 1.90. The van der Waals surface area contributed by atoms with Crippen LogP contribution in [0.25, 0.3) is 10.3 Å². The van der Waals surface area contributed by atoms with Gasteiger partial charge in [-0.1, -0.05) is 17.4 Å². The van der Waals surface area contributed by atoms with Gasteiger partial charge in [0, 0.05) is 51.7 Å². The molecule has 0 saturated carbocycles. The average Bonchev–Trinajstić information content (AvgIpc) is 3.28. The number of aromatic nitrogens is 3. The lowest BCUT2D eigenvalue weighted by molar-refractivity contribution is -0.109. The molecule has 35 heavy (non-hydrogen) atoms. The number of pyridine rings is 2. The molecule has 1 aliphatic rings. The fourth-order valence-corrected chi connectivity index (χ4v) is 4.88. The lowest BCUT2D eigenvalue weighted by atomic mass is 10.2. The molecule has 1 aromatic carbocycles. The van der Waals surface area contributed by atoms with E-state index in [0.717, 1.165) is 77.4 Å². The predicted octanol–water partition coefficient (Wildman–Crippen LogP) is 4.05. The number of nitrogens with one attached hydrogen (secondary N) is 1. The van der Waals surface area contributed by atoms with Gasteiger partial charge in [0.2, 0.25) is 0 Å². The number of hydrogen-bond acceptors (Lipinski definition) is 9. The van der Waals surface area contributed by atoms with Crippen LogP contribution in [0.5, 0.6) is 0 Å². The summed E-state index contributed by atoms with van der Waals surface area (Å²) in [5.74, 6) is 1.22. The summed E-state index contributed by atoms with van der Waals surface area (Å²) in [5, 5.41) is 4.00. The Bertz CT molecular complexity index is 1290. The number of halogens is 1. The van der Waals surface area contributed by atoms with Gasteiger partial charge in [-0.25, -0.2) is 19.3 Å². The highest BCUT2D eigenvalue weighted by atomic mass is 32.1. The minimum atomic E-state index is -0.265. The van der Waals surface area contributed by atoms with Crippen LogP contribution in [0.1, 0.15) is 5.56 Å². The predicted molar refractivity (Wildman–Crippen MR) is 137 cm³/mol. The van der Waals surface area contributed by atoms with Crippen molar-refractivity contribution in [2.24, 2.45) is 0 Å². The smallest absolute Gasteiger partial charge is 0.190 e. The molecule has 0 aliphatic carbocycles. The molecule has 0 bridgehead atoms. The van der Waals surface area contributed by atoms with Gasteiger partial charge in [-0.3, -0.25) is 9.80 Å². The number of carbonyl (C=O) groups is 1. The van der Waals surface area contributed by atoms with Gasteiger partial charge in [0.05, 0.1) is 6.54 Å². The summed E-state index contributed by atoms with van der Waals surface area (Å²) >= 11 is 1.46. The number of thiazole rings is 1. The molecule has 0 amide bonds. The molecular formula is C25H26FN7OS. The van der Waals surface area contributed by atoms with Gasteiger partial charge in [0.25, 0.3) is 0 Å². The SMILES string of the molecule is CN(c1ccc(F)cc1)c1ccc2nc(Nc3ccc(CN4CCN(CC=O)CC4)cn3)sc2n1.